The summed E-state index contributed by atoms with van der Waals surface area (Å²) in [6, 6.07) is 4.40. The first-order valence-electron chi connectivity index (χ1n) is 5.20. The topological polar surface area (TPSA) is 3.24 Å². The van der Waals surface area contributed by atoms with Crippen LogP contribution in [-0.2, 0) is 6.54 Å². The first kappa shape index (κ1) is 9.22. The van der Waals surface area contributed by atoms with Gasteiger partial charge in [-0.1, -0.05) is 18.9 Å². The van der Waals surface area contributed by atoms with Crippen molar-refractivity contribution < 1.29 is 0 Å². The van der Waals surface area contributed by atoms with E-state index in [4.69, 9.17) is 0 Å². The lowest BCUT2D eigenvalue weighted by atomic mass is 10.2. The Balaban J connectivity index is 1.86. The average Bonchev–Trinajstić information content (AvgIpc) is 2.49. The van der Waals surface area contributed by atoms with Crippen molar-refractivity contribution in [3.8, 4) is 0 Å². The fourth-order valence-corrected chi connectivity index (χ4v) is 2.66. The lowest BCUT2D eigenvalue weighted by molar-refractivity contribution is 0.279. The van der Waals surface area contributed by atoms with Crippen molar-refractivity contribution in [2.24, 2.45) is 0 Å². The van der Waals surface area contributed by atoms with Gasteiger partial charge in [0.15, 0.2) is 0 Å². The molecule has 13 heavy (non-hydrogen) atoms. The van der Waals surface area contributed by atoms with Gasteiger partial charge < -0.3 is 0 Å². The molecule has 2 heterocycles. The third kappa shape index (κ3) is 2.82. The molecular formula is C11H17NS. The number of likely N-dealkylation sites (tertiary alicyclic amines) is 1. The van der Waals surface area contributed by atoms with Gasteiger partial charge in [-0.25, -0.2) is 0 Å². The van der Waals surface area contributed by atoms with Gasteiger partial charge in [-0.15, -0.1) is 11.3 Å². The third-order valence-corrected chi connectivity index (χ3v) is 3.52. The van der Waals surface area contributed by atoms with Gasteiger partial charge in [-0.05, 0) is 37.4 Å². The number of thiophene rings is 1. The molecular weight excluding hydrogens is 178 g/mol. The van der Waals surface area contributed by atoms with Crippen molar-refractivity contribution in [2.45, 2.75) is 32.2 Å². The molecule has 1 saturated heterocycles. The van der Waals surface area contributed by atoms with E-state index in [1.165, 1.54) is 50.2 Å². The highest BCUT2D eigenvalue weighted by atomic mass is 32.1. The Morgan fingerprint density at radius 2 is 1.92 bits per heavy atom. The smallest absolute Gasteiger partial charge is 0.0327 e. The summed E-state index contributed by atoms with van der Waals surface area (Å²) in [5.41, 5.74) is 0. The number of rotatable bonds is 2. The zero-order valence-electron chi connectivity index (χ0n) is 8.04. The molecule has 0 unspecified atom stereocenters. The molecule has 1 aromatic heterocycles. The Bertz CT molecular complexity index is 222. The Labute approximate surface area is 84.4 Å². The van der Waals surface area contributed by atoms with Gasteiger partial charge in [0.25, 0.3) is 0 Å². The van der Waals surface area contributed by atoms with Crippen LogP contribution in [0.1, 0.15) is 30.6 Å². The molecule has 1 aliphatic heterocycles. The van der Waals surface area contributed by atoms with Crippen LogP contribution in [0, 0.1) is 0 Å². The number of nitrogens with zero attached hydrogens (tertiary/aromatic N) is 1. The molecule has 1 aromatic rings. The van der Waals surface area contributed by atoms with E-state index >= 15 is 0 Å². The summed E-state index contributed by atoms with van der Waals surface area (Å²) in [5, 5.41) is 2.17. The van der Waals surface area contributed by atoms with Crippen LogP contribution in [0.15, 0.2) is 17.5 Å². The third-order valence-electron chi connectivity index (χ3n) is 2.66. The van der Waals surface area contributed by atoms with Gasteiger partial charge in [-0.3, -0.25) is 4.90 Å². The summed E-state index contributed by atoms with van der Waals surface area (Å²) in [7, 11) is 0. The molecule has 2 heteroatoms. The molecule has 0 saturated carbocycles. The molecule has 0 N–H and O–H groups in total. The zero-order valence-corrected chi connectivity index (χ0v) is 8.85. The minimum atomic E-state index is 1.18. The van der Waals surface area contributed by atoms with Gasteiger partial charge in [0.1, 0.15) is 0 Å². The lowest BCUT2D eigenvalue weighted by Gasteiger charge is -2.18. The maximum Gasteiger partial charge on any atom is 0.0327 e. The molecule has 0 bridgehead atoms. The Morgan fingerprint density at radius 1 is 1.15 bits per heavy atom. The van der Waals surface area contributed by atoms with E-state index in [0.717, 1.165) is 0 Å². The number of hydrogen-bond acceptors (Lipinski definition) is 2. The SMILES string of the molecule is c1csc(CN2CCCCCC2)c1. The Kier molecular flexibility index (Phi) is 3.39. The van der Waals surface area contributed by atoms with Gasteiger partial charge >= 0.3 is 0 Å². The van der Waals surface area contributed by atoms with Crippen LogP contribution in [0.5, 0.6) is 0 Å². The molecule has 0 radical (unpaired) electrons. The van der Waals surface area contributed by atoms with Crippen LogP contribution < -0.4 is 0 Å². The van der Waals surface area contributed by atoms with Gasteiger partial charge in [0.05, 0.1) is 0 Å². The second-order valence-corrected chi connectivity index (χ2v) is 4.80. The van der Waals surface area contributed by atoms with Crippen LogP contribution in [0.2, 0.25) is 0 Å². The molecule has 0 aliphatic carbocycles. The summed E-state index contributed by atoms with van der Waals surface area (Å²) in [5.74, 6) is 0. The lowest BCUT2D eigenvalue weighted by Crippen LogP contribution is -2.23. The summed E-state index contributed by atoms with van der Waals surface area (Å²) in [4.78, 5) is 4.11. The molecule has 0 atom stereocenters. The highest BCUT2D eigenvalue weighted by Gasteiger charge is 2.09. The first-order chi connectivity index (χ1) is 6.45. The fraction of sp³-hybridized carbons (Fsp3) is 0.636. The van der Waals surface area contributed by atoms with E-state index in [1.54, 1.807) is 0 Å². The first-order valence-corrected chi connectivity index (χ1v) is 6.08. The molecule has 2 rings (SSSR count). The maximum atomic E-state index is 2.60. The van der Waals surface area contributed by atoms with Crippen LogP contribution in [0.3, 0.4) is 0 Å². The second-order valence-electron chi connectivity index (χ2n) is 3.77. The average molecular weight is 195 g/mol. The van der Waals surface area contributed by atoms with E-state index in [9.17, 15) is 0 Å². The van der Waals surface area contributed by atoms with Crippen molar-refractivity contribution in [3.63, 3.8) is 0 Å². The fourth-order valence-electron chi connectivity index (χ4n) is 1.92. The zero-order chi connectivity index (χ0) is 8.93. The Hall–Kier alpha value is -0.340. The molecule has 72 valence electrons. The molecule has 1 fully saturated rings. The normalized spacial score (nSPS) is 20.0. The summed E-state index contributed by atoms with van der Waals surface area (Å²) in [6.45, 7) is 3.79. The predicted molar refractivity (Wildman–Crippen MR) is 58.1 cm³/mol. The molecule has 0 spiro atoms. The van der Waals surface area contributed by atoms with E-state index < -0.39 is 0 Å². The van der Waals surface area contributed by atoms with Crippen molar-refractivity contribution in [3.05, 3.63) is 22.4 Å². The van der Waals surface area contributed by atoms with Crippen LogP contribution >= 0.6 is 11.3 Å². The minimum absolute atomic E-state index is 1.18. The monoisotopic (exact) mass is 195 g/mol. The van der Waals surface area contributed by atoms with Gasteiger partial charge in [0.2, 0.25) is 0 Å². The van der Waals surface area contributed by atoms with Crippen molar-refractivity contribution in [2.75, 3.05) is 13.1 Å². The van der Waals surface area contributed by atoms with Crippen LogP contribution in [0.4, 0.5) is 0 Å². The van der Waals surface area contributed by atoms with E-state index in [-0.39, 0.29) is 0 Å². The highest BCUT2D eigenvalue weighted by molar-refractivity contribution is 7.09. The largest absolute Gasteiger partial charge is 0.298 e. The van der Waals surface area contributed by atoms with Gasteiger partial charge in [-0.2, -0.15) is 0 Å². The van der Waals surface area contributed by atoms with Crippen LogP contribution in [-0.4, -0.2) is 18.0 Å². The summed E-state index contributed by atoms with van der Waals surface area (Å²) < 4.78 is 0. The quantitative estimate of drug-likeness (QED) is 0.701. The van der Waals surface area contributed by atoms with Crippen molar-refractivity contribution in [1.82, 2.24) is 4.90 Å². The molecule has 0 aromatic carbocycles. The second kappa shape index (κ2) is 4.77. The van der Waals surface area contributed by atoms with E-state index in [0.29, 0.717) is 0 Å². The maximum absolute atomic E-state index is 2.60. The highest BCUT2D eigenvalue weighted by Crippen LogP contribution is 2.15. The minimum Gasteiger partial charge on any atom is -0.298 e. The summed E-state index contributed by atoms with van der Waals surface area (Å²) in [6.07, 6.45) is 5.65. The van der Waals surface area contributed by atoms with Crippen molar-refractivity contribution >= 4 is 11.3 Å². The van der Waals surface area contributed by atoms with Gasteiger partial charge in [0, 0.05) is 11.4 Å². The van der Waals surface area contributed by atoms with E-state index in [2.05, 4.69) is 22.4 Å². The predicted octanol–water partition coefficient (Wildman–Crippen LogP) is 3.12. The standard InChI is InChI=1S/C11H17NS/c1-2-4-8-12(7-3-1)10-11-6-5-9-13-11/h5-6,9H,1-4,7-8,10H2. The van der Waals surface area contributed by atoms with Crippen LogP contribution in [0.25, 0.3) is 0 Å². The summed E-state index contributed by atoms with van der Waals surface area (Å²) >= 11 is 1.88. The van der Waals surface area contributed by atoms with Crippen molar-refractivity contribution in [1.29, 1.82) is 0 Å². The van der Waals surface area contributed by atoms with E-state index in [1.807, 2.05) is 11.3 Å². The molecule has 1 aliphatic rings. The number of hydrogen-bond donors (Lipinski definition) is 0. The molecule has 0 amide bonds. The Morgan fingerprint density at radius 3 is 2.54 bits per heavy atom. The molecule has 1 nitrogen and oxygen atoms in total.